The van der Waals surface area contributed by atoms with Crippen LogP contribution in [0.3, 0.4) is 0 Å². The molecule has 0 saturated heterocycles. The highest BCUT2D eigenvalue weighted by Crippen LogP contribution is 2.18. The number of carbonyl (C=O) groups is 2. The summed E-state index contributed by atoms with van der Waals surface area (Å²) < 4.78 is 11.0. The highest BCUT2D eigenvalue weighted by atomic mass is 16.5. The van der Waals surface area contributed by atoms with E-state index in [9.17, 15) is 14.7 Å². The summed E-state index contributed by atoms with van der Waals surface area (Å²) in [5, 5.41) is 9.47. The number of ether oxygens (including phenoxy) is 2. The van der Waals surface area contributed by atoms with E-state index in [1.54, 1.807) is 0 Å². The van der Waals surface area contributed by atoms with E-state index >= 15 is 0 Å². The zero-order valence-electron chi connectivity index (χ0n) is 27.6. The van der Waals surface area contributed by atoms with Crippen molar-refractivity contribution in [1.29, 1.82) is 0 Å². The summed E-state index contributed by atoms with van der Waals surface area (Å²) in [6.07, 6.45) is 26.9. The minimum Gasteiger partial charge on any atom is -0.466 e. The lowest BCUT2D eigenvalue weighted by atomic mass is 10.0. The van der Waals surface area contributed by atoms with Crippen molar-refractivity contribution in [1.82, 2.24) is 4.90 Å². The molecule has 0 aromatic heterocycles. The zero-order valence-corrected chi connectivity index (χ0v) is 27.6. The number of hydrogen-bond acceptors (Lipinski definition) is 6. The molecule has 0 aromatic rings. The molecule has 0 aliphatic carbocycles. The first-order valence-electron chi connectivity index (χ1n) is 17.8. The molecule has 0 heterocycles. The average molecular weight is 584 g/mol. The van der Waals surface area contributed by atoms with Gasteiger partial charge in [-0.1, -0.05) is 104 Å². The van der Waals surface area contributed by atoms with E-state index in [-0.39, 0.29) is 24.6 Å². The molecular formula is C35H69NO5. The van der Waals surface area contributed by atoms with Crippen molar-refractivity contribution < 1.29 is 24.2 Å². The van der Waals surface area contributed by atoms with E-state index < -0.39 is 0 Å². The van der Waals surface area contributed by atoms with Crippen LogP contribution in [0.4, 0.5) is 0 Å². The summed E-state index contributed by atoms with van der Waals surface area (Å²) in [6.45, 7) is 9.60. The van der Waals surface area contributed by atoms with E-state index in [0.29, 0.717) is 26.0 Å². The number of carbonyl (C=O) groups excluding carboxylic acids is 2. The number of aliphatic hydroxyl groups is 1. The summed E-state index contributed by atoms with van der Waals surface area (Å²) >= 11 is 0. The molecule has 0 bridgehead atoms. The molecule has 41 heavy (non-hydrogen) atoms. The fourth-order valence-electron chi connectivity index (χ4n) is 5.44. The Labute approximate surface area is 254 Å². The maximum atomic E-state index is 12.7. The van der Waals surface area contributed by atoms with Gasteiger partial charge >= 0.3 is 11.9 Å². The average Bonchev–Trinajstić information content (AvgIpc) is 2.96. The third-order valence-electron chi connectivity index (χ3n) is 7.99. The van der Waals surface area contributed by atoms with Crippen molar-refractivity contribution in [2.75, 3.05) is 32.8 Å². The quantitative estimate of drug-likeness (QED) is 0.0628. The largest absolute Gasteiger partial charge is 0.466 e. The van der Waals surface area contributed by atoms with E-state index in [1.807, 2.05) is 6.92 Å². The first-order chi connectivity index (χ1) is 20.1. The number of nitrogens with zero attached hydrogens (tertiary/aromatic N) is 1. The van der Waals surface area contributed by atoms with Crippen LogP contribution in [0.1, 0.15) is 175 Å². The number of rotatable bonds is 32. The first-order valence-corrected chi connectivity index (χ1v) is 17.8. The Balaban J connectivity index is 4.15. The van der Waals surface area contributed by atoms with Crippen molar-refractivity contribution in [2.24, 2.45) is 0 Å². The normalized spacial score (nSPS) is 11.5. The predicted octanol–water partition coefficient (Wildman–Crippen LogP) is 9.16. The molecule has 0 saturated carbocycles. The molecule has 0 fully saturated rings. The minimum absolute atomic E-state index is 0.0244. The topological polar surface area (TPSA) is 76.1 Å². The SMILES string of the molecule is CCCCCCCCC(CCCCCCCC)OC(=O)CCCCN(CCO)CCCCCCCCC(=O)OCC. The summed E-state index contributed by atoms with van der Waals surface area (Å²) in [4.78, 5) is 26.4. The lowest BCUT2D eigenvalue weighted by molar-refractivity contribution is -0.150. The Morgan fingerprint density at radius 2 is 1.00 bits per heavy atom. The summed E-state index contributed by atoms with van der Waals surface area (Å²) in [5.74, 6) is -0.106. The molecule has 0 rings (SSSR count). The standard InChI is InChI=1S/C35H69NO5/c1-4-7-9-11-15-19-25-33(26-20-16-12-10-8-5-2)41-35(39)28-22-24-30-36(31-32-37)29-23-18-14-13-17-21-27-34(38)40-6-3/h33,37H,4-32H2,1-3H3. The second-order valence-corrected chi connectivity index (χ2v) is 11.9. The minimum atomic E-state index is -0.0819. The van der Waals surface area contributed by atoms with Gasteiger partial charge in [0.05, 0.1) is 13.2 Å². The molecule has 0 spiro atoms. The van der Waals surface area contributed by atoms with Crippen molar-refractivity contribution in [2.45, 2.75) is 181 Å². The number of esters is 2. The van der Waals surface area contributed by atoms with Gasteiger partial charge < -0.3 is 19.5 Å². The number of unbranched alkanes of at least 4 members (excludes halogenated alkanes) is 16. The van der Waals surface area contributed by atoms with Gasteiger partial charge in [-0.25, -0.2) is 0 Å². The van der Waals surface area contributed by atoms with Gasteiger partial charge in [-0.15, -0.1) is 0 Å². The van der Waals surface area contributed by atoms with Crippen LogP contribution in [0.2, 0.25) is 0 Å². The Bertz CT molecular complexity index is 555. The van der Waals surface area contributed by atoms with E-state index in [0.717, 1.165) is 64.5 Å². The van der Waals surface area contributed by atoms with Gasteiger partial charge in [-0.05, 0) is 71.4 Å². The fraction of sp³-hybridized carbons (Fsp3) is 0.943. The zero-order chi connectivity index (χ0) is 30.2. The highest BCUT2D eigenvalue weighted by molar-refractivity contribution is 5.69. The Kier molecular flexibility index (Phi) is 30.9. The monoisotopic (exact) mass is 584 g/mol. The van der Waals surface area contributed by atoms with Crippen LogP contribution in [0.25, 0.3) is 0 Å². The van der Waals surface area contributed by atoms with Gasteiger partial charge in [0.15, 0.2) is 0 Å². The van der Waals surface area contributed by atoms with Crippen LogP contribution in [0.15, 0.2) is 0 Å². The molecule has 0 aromatic carbocycles. The second-order valence-electron chi connectivity index (χ2n) is 11.9. The van der Waals surface area contributed by atoms with Gasteiger partial charge in [-0.2, -0.15) is 0 Å². The molecular weight excluding hydrogens is 514 g/mol. The Morgan fingerprint density at radius 3 is 1.54 bits per heavy atom. The Hall–Kier alpha value is -1.14. The number of aliphatic hydroxyl groups excluding tert-OH is 1. The Morgan fingerprint density at radius 1 is 0.561 bits per heavy atom. The predicted molar refractivity (Wildman–Crippen MR) is 172 cm³/mol. The van der Waals surface area contributed by atoms with Crippen LogP contribution in [-0.2, 0) is 19.1 Å². The van der Waals surface area contributed by atoms with Crippen molar-refractivity contribution in [3.05, 3.63) is 0 Å². The van der Waals surface area contributed by atoms with Gasteiger partial charge in [0.25, 0.3) is 0 Å². The van der Waals surface area contributed by atoms with E-state index in [4.69, 9.17) is 9.47 Å². The third-order valence-corrected chi connectivity index (χ3v) is 7.99. The molecule has 1 N–H and O–H groups in total. The molecule has 0 amide bonds. The highest BCUT2D eigenvalue weighted by Gasteiger charge is 2.14. The molecule has 0 radical (unpaired) electrons. The lowest BCUT2D eigenvalue weighted by Gasteiger charge is -2.21. The fourth-order valence-corrected chi connectivity index (χ4v) is 5.44. The summed E-state index contributed by atoms with van der Waals surface area (Å²) in [6, 6.07) is 0. The van der Waals surface area contributed by atoms with Crippen LogP contribution in [-0.4, -0.2) is 60.9 Å². The van der Waals surface area contributed by atoms with E-state index in [1.165, 1.54) is 89.9 Å². The molecule has 244 valence electrons. The van der Waals surface area contributed by atoms with Crippen molar-refractivity contribution >= 4 is 11.9 Å². The van der Waals surface area contributed by atoms with Crippen LogP contribution >= 0.6 is 0 Å². The van der Waals surface area contributed by atoms with Crippen LogP contribution < -0.4 is 0 Å². The second kappa shape index (κ2) is 31.8. The van der Waals surface area contributed by atoms with Gasteiger partial charge in [-0.3, -0.25) is 9.59 Å². The molecule has 0 aliphatic heterocycles. The van der Waals surface area contributed by atoms with Crippen molar-refractivity contribution in [3.8, 4) is 0 Å². The first kappa shape index (κ1) is 39.9. The molecule has 6 nitrogen and oxygen atoms in total. The van der Waals surface area contributed by atoms with Crippen LogP contribution in [0.5, 0.6) is 0 Å². The lowest BCUT2D eigenvalue weighted by Crippen LogP contribution is -2.29. The molecule has 6 heteroatoms. The van der Waals surface area contributed by atoms with E-state index in [2.05, 4.69) is 18.7 Å². The van der Waals surface area contributed by atoms with Gasteiger partial charge in [0, 0.05) is 19.4 Å². The van der Waals surface area contributed by atoms with Crippen LogP contribution in [0, 0.1) is 0 Å². The van der Waals surface area contributed by atoms with Crippen molar-refractivity contribution in [3.63, 3.8) is 0 Å². The smallest absolute Gasteiger partial charge is 0.306 e. The van der Waals surface area contributed by atoms with Gasteiger partial charge in [0.1, 0.15) is 6.10 Å². The number of hydrogen-bond donors (Lipinski definition) is 1. The summed E-state index contributed by atoms with van der Waals surface area (Å²) in [7, 11) is 0. The summed E-state index contributed by atoms with van der Waals surface area (Å²) in [5.41, 5.74) is 0. The van der Waals surface area contributed by atoms with Gasteiger partial charge in [0.2, 0.25) is 0 Å². The third kappa shape index (κ3) is 28.7. The maximum Gasteiger partial charge on any atom is 0.306 e. The molecule has 0 unspecified atom stereocenters. The maximum absolute atomic E-state index is 12.7. The molecule has 0 atom stereocenters. The molecule has 0 aliphatic rings.